The van der Waals surface area contributed by atoms with Crippen LogP contribution in [-0.2, 0) is 9.53 Å². The fourth-order valence-electron chi connectivity index (χ4n) is 0.911. The Morgan fingerprint density at radius 3 is 2.47 bits per heavy atom. The first-order valence-electron chi connectivity index (χ1n) is 4.64. The SMILES string of the molecule is C=CCC=C(C(=O)OCC=C)C(N)C=C. The van der Waals surface area contributed by atoms with E-state index in [1.165, 1.54) is 12.2 Å². The van der Waals surface area contributed by atoms with Crippen LogP contribution in [0.5, 0.6) is 0 Å². The zero-order chi connectivity index (χ0) is 11.7. The van der Waals surface area contributed by atoms with Crippen LogP contribution in [0.15, 0.2) is 49.6 Å². The molecule has 0 aliphatic carbocycles. The van der Waals surface area contributed by atoms with Crippen molar-refractivity contribution in [1.29, 1.82) is 0 Å². The van der Waals surface area contributed by atoms with Gasteiger partial charge in [0.05, 0.1) is 11.6 Å². The third-order valence-electron chi connectivity index (χ3n) is 1.69. The molecule has 0 spiro atoms. The van der Waals surface area contributed by atoms with Crippen LogP contribution in [0.2, 0.25) is 0 Å². The number of nitrogens with two attached hydrogens (primary N) is 1. The highest BCUT2D eigenvalue weighted by atomic mass is 16.5. The Bertz CT molecular complexity index is 279. The molecule has 0 saturated carbocycles. The summed E-state index contributed by atoms with van der Waals surface area (Å²) in [5, 5.41) is 0. The minimum absolute atomic E-state index is 0.175. The second-order valence-electron chi connectivity index (χ2n) is 2.83. The lowest BCUT2D eigenvalue weighted by Gasteiger charge is -2.10. The molecule has 0 saturated heterocycles. The summed E-state index contributed by atoms with van der Waals surface area (Å²) in [6.07, 6.45) is 6.92. The third kappa shape index (κ3) is 4.98. The monoisotopic (exact) mass is 207 g/mol. The van der Waals surface area contributed by atoms with Crippen LogP contribution in [0, 0.1) is 0 Å². The molecule has 0 bridgehead atoms. The molecule has 1 unspecified atom stereocenters. The van der Waals surface area contributed by atoms with Gasteiger partial charge in [-0.1, -0.05) is 30.9 Å². The average Bonchev–Trinajstić information content (AvgIpc) is 2.26. The molecule has 0 heterocycles. The lowest BCUT2D eigenvalue weighted by Crippen LogP contribution is -2.26. The summed E-state index contributed by atoms with van der Waals surface area (Å²) in [4.78, 5) is 11.5. The van der Waals surface area contributed by atoms with E-state index in [9.17, 15) is 4.79 Å². The van der Waals surface area contributed by atoms with Gasteiger partial charge in [0.2, 0.25) is 0 Å². The normalized spacial score (nSPS) is 12.7. The van der Waals surface area contributed by atoms with Crippen molar-refractivity contribution < 1.29 is 9.53 Å². The number of rotatable bonds is 7. The van der Waals surface area contributed by atoms with Crippen molar-refractivity contribution in [3.8, 4) is 0 Å². The summed E-state index contributed by atoms with van der Waals surface area (Å²) < 4.78 is 4.89. The van der Waals surface area contributed by atoms with Crippen molar-refractivity contribution >= 4 is 5.97 Å². The number of carbonyl (C=O) groups excluding carboxylic acids is 1. The summed E-state index contributed by atoms with van der Waals surface area (Å²) >= 11 is 0. The smallest absolute Gasteiger partial charge is 0.335 e. The lowest BCUT2D eigenvalue weighted by molar-refractivity contribution is -0.138. The van der Waals surface area contributed by atoms with Crippen LogP contribution in [0.1, 0.15) is 6.42 Å². The van der Waals surface area contributed by atoms with Gasteiger partial charge in [0.25, 0.3) is 0 Å². The number of carbonyl (C=O) groups is 1. The van der Waals surface area contributed by atoms with Gasteiger partial charge in [0.15, 0.2) is 0 Å². The minimum atomic E-state index is -0.512. The highest BCUT2D eigenvalue weighted by molar-refractivity contribution is 5.90. The van der Waals surface area contributed by atoms with E-state index in [4.69, 9.17) is 10.5 Å². The van der Waals surface area contributed by atoms with E-state index < -0.39 is 12.0 Å². The molecule has 2 N–H and O–H groups in total. The largest absolute Gasteiger partial charge is 0.458 e. The fraction of sp³-hybridized carbons (Fsp3) is 0.250. The third-order valence-corrected chi connectivity index (χ3v) is 1.69. The first kappa shape index (κ1) is 13.4. The van der Waals surface area contributed by atoms with Crippen molar-refractivity contribution in [2.45, 2.75) is 12.5 Å². The van der Waals surface area contributed by atoms with Gasteiger partial charge in [-0.05, 0) is 6.42 Å². The van der Waals surface area contributed by atoms with Crippen LogP contribution in [0.25, 0.3) is 0 Å². The van der Waals surface area contributed by atoms with Crippen molar-refractivity contribution in [1.82, 2.24) is 0 Å². The number of hydrogen-bond acceptors (Lipinski definition) is 3. The standard InChI is InChI=1S/C12H17NO2/c1-4-7-8-10(11(13)6-3)12(14)15-9-5-2/h4-6,8,11H,1-3,7,9,13H2. The quantitative estimate of drug-likeness (QED) is 0.393. The topological polar surface area (TPSA) is 52.3 Å². The van der Waals surface area contributed by atoms with Crippen LogP contribution < -0.4 is 5.73 Å². The Morgan fingerprint density at radius 1 is 1.33 bits per heavy atom. The Labute approximate surface area is 90.6 Å². The van der Waals surface area contributed by atoms with Crippen molar-refractivity contribution in [2.75, 3.05) is 6.61 Å². The molecule has 0 aliphatic rings. The van der Waals surface area contributed by atoms with E-state index in [-0.39, 0.29) is 6.61 Å². The molecule has 0 aromatic heterocycles. The predicted molar refractivity (Wildman–Crippen MR) is 62.2 cm³/mol. The molecular weight excluding hydrogens is 190 g/mol. The van der Waals surface area contributed by atoms with Gasteiger partial charge in [-0.2, -0.15) is 0 Å². The van der Waals surface area contributed by atoms with E-state index in [1.807, 2.05) is 0 Å². The molecule has 0 rings (SSSR count). The van der Waals surface area contributed by atoms with Gasteiger partial charge in [-0.3, -0.25) is 0 Å². The van der Waals surface area contributed by atoms with Gasteiger partial charge in [0, 0.05) is 0 Å². The van der Waals surface area contributed by atoms with Gasteiger partial charge in [-0.15, -0.1) is 13.2 Å². The van der Waals surface area contributed by atoms with Crippen LogP contribution in [0.4, 0.5) is 0 Å². The van der Waals surface area contributed by atoms with Gasteiger partial charge < -0.3 is 10.5 Å². The molecule has 0 amide bonds. The second-order valence-corrected chi connectivity index (χ2v) is 2.83. The summed E-state index contributed by atoms with van der Waals surface area (Å²) in [6.45, 7) is 10.7. The van der Waals surface area contributed by atoms with E-state index in [2.05, 4.69) is 19.7 Å². The highest BCUT2D eigenvalue weighted by Gasteiger charge is 2.15. The molecule has 0 aromatic rings. The molecule has 3 heteroatoms. The minimum Gasteiger partial charge on any atom is -0.458 e. The van der Waals surface area contributed by atoms with Crippen molar-refractivity contribution in [2.24, 2.45) is 5.73 Å². The molecule has 0 radical (unpaired) electrons. The first-order valence-corrected chi connectivity index (χ1v) is 4.64. The average molecular weight is 207 g/mol. The van der Waals surface area contributed by atoms with Gasteiger partial charge >= 0.3 is 5.97 Å². The Hall–Kier alpha value is -1.61. The van der Waals surface area contributed by atoms with E-state index >= 15 is 0 Å². The lowest BCUT2D eigenvalue weighted by atomic mass is 10.1. The molecular formula is C12H17NO2. The Kier molecular flexibility index (Phi) is 6.93. The maximum atomic E-state index is 11.5. The zero-order valence-corrected chi connectivity index (χ0v) is 8.82. The molecule has 15 heavy (non-hydrogen) atoms. The van der Waals surface area contributed by atoms with Gasteiger partial charge in [-0.25, -0.2) is 4.79 Å². The van der Waals surface area contributed by atoms with E-state index in [1.54, 1.807) is 12.2 Å². The molecule has 1 atom stereocenters. The Balaban J connectivity index is 4.60. The van der Waals surface area contributed by atoms with Gasteiger partial charge in [0.1, 0.15) is 6.61 Å². The van der Waals surface area contributed by atoms with E-state index in [0.717, 1.165) is 0 Å². The summed E-state index contributed by atoms with van der Waals surface area (Å²) in [5.74, 6) is -0.441. The first-order chi connectivity index (χ1) is 7.17. The summed E-state index contributed by atoms with van der Waals surface area (Å²) in [6, 6.07) is -0.512. The van der Waals surface area contributed by atoms with Crippen LogP contribution in [-0.4, -0.2) is 18.6 Å². The maximum absolute atomic E-state index is 11.5. The van der Waals surface area contributed by atoms with E-state index in [0.29, 0.717) is 12.0 Å². The van der Waals surface area contributed by atoms with Crippen LogP contribution in [0.3, 0.4) is 0 Å². The second kappa shape index (κ2) is 7.76. The predicted octanol–water partition coefficient (Wildman–Crippen LogP) is 1.73. The van der Waals surface area contributed by atoms with Crippen molar-refractivity contribution in [3.05, 3.63) is 49.6 Å². The number of allylic oxidation sites excluding steroid dienone is 2. The zero-order valence-electron chi connectivity index (χ0n) is 8.82. The maximum Gasteiger partial charge on any atom is 0.335 e. The number of esters is 1. The molecule has 0 fully saturated rings. The molecule has 0 aromatic carbocycles. The molecule has 3 nitrogen and oxygen atoms in total. The highest BCUT2D eigenvalue weighted by Crippen LogP contribution is 2.06. The molecule has 0 aliphatic heterocycles. The Morgan fingerprint density at radius 2 is 2.00 bits per heavy atom. The summed E-state index contributed by atoms with van der Waals surface area (Å²) in [5.41, 5.74) is 6.08. The number of hydrogen-bond donors (Lipinski definition) is 1. The number of ether oxygens (including phenoxy) is 1. The van der Waals surface area contributed by atoms with Crippen molar-refractivity contribution in [3.63, 3.8) is 0 Å². The fourth-order valence-corrected chi connectivity index (χ4v) is 0.911. The summed E-state index contributed by atoms with van der Waals surface area (Å²) in [7, 11) is 0. The van der Waals surface area contributed by atoms with Crippen LogP contribution >= 0.6 is 0 Å². The molecule has 82 valence electrons.